The standard InChI is InChI=1S/C45H85NO4/c1-3-5-7-9-11-13-15-17-19-21-22-23-24-26-28-30-32-34-36-38-40-44(49)46-42(41-47)45(50)43(48)39-37-35-33-31-29-27-25-20-18-16-14-12-10-8-6-4-2/h20,22-23,25,31,33,42-43,45,47-48,50H,3-19,21,24,26-30,32,34-41H2,1-2H3,(H,46,49)/b23-22-,25-20+,33-31+. The van der Waals surface area contributed by atoms with E-state index in [1.54, 1.807) is 0 Å². The average molecular weight is 704 g/mol. The molecule has 4 N–H and O–H groups in total. The summed E-state index contributed by atoms with van der Waals surface area (Å²) < 4.78 is 0. The van der Waals surface area contributed by atoms with Crippen LogP contribution in [0.4, 0.5) is 0 Å². The van der Waals surface area contributed by atoms with E-state index in [0.29, 0.717) is 12.8 Å². The first-order valence-electron chi connectivity index (χ1n) is 21.8. The molecule has 50 heavy (non-hydrogen) atoms. The molecule has 0 saturated heterocycles. The highest BCUT2D eigenvalue weighted by molar-refractivity contribution is 5.76. The van der Waals surface area contributed by atoms with E-state index in [4.69, 9.17) is 0 Å². The Morgan fingerprint density at radius 2 is 0.820 bits per heavy atom. The van der Waals surface area contributed by atoms with Gasteiger partial charge in [-0.1, -0.05) is 172 Å². The van der Waals surface area contributed by atoms with Gasteiger partial charge in [-0.15, -0.1) is 0 Å². The van der Waals surface area contributed by atoms with Crippen molar-refractivity contribution in [1.29, 1.82) is 0 Å². The van der Waals surface area contributed by atoms with Crippen molar-refractivity contribution in [2.24, 2.45) is 0 Å². The van der Waals surface area contributed by atoms with Crippen LogP contribution in [0.5, 0.6) is 0 Å². The molecule has 0 radical (unpaired) electrons. The van der Waals surface area contributed by atoms with Crippen molar-refractivity contribution in [3.05, 3.63) is 36.5 Å². The highest BCUT2D eigenvalue weighted by Crippen LogP contribution is 2.14. The van der Waals surface area contributed by atoms with Crippen LogP contribution in [0, 0.1) is 0 Å². The predicted molar refractivity (Wildman–Crippen MR) is 218 cm³/mol. The summed E-state index contributed by atoms with van der Waals surface area (Å²) in [5.41, 5.74) is 0. The number of aliphatic hydroxyl groups is 3. The summed E-state index contributed by atoms with van der Waals surface area (Å²) in [5, 5.41) is 33.5. The monoisotopic (exact) mass is 704 g/mol. The first-order valence-corrected chi connectivity index (χ1v) is 21.8. The van der Waals surface area contributed by atoms with Gasteiger partial charge in [0, 0.05) is 6.42 Å². The number of rotatable bonds is 39. The number of carbonyl (C=O) groups excluding carboxylic acids is 1. The van der Waals surface area contributed by atoms with Crippen LogP contribution in [-0.2, 0) is 4.79 Å². The van der Waals surface area contributed by atoms with Crippen molar-refractivity contribution >= 4 is 5.91 Å². The summed E-state index contributed by atoms with van der Waals surface area (Å²) in [5.74, 6) is -0.163. The van der Waals surface area contributed by atoms with E-state index in [2.05, 4.69) is 55.6 Å². The van der Waals surface area contributed by atoms with E-state index < -0.39 is 18.2 Å². The van der Waals surface area contributed by atoms with Crippen LogP contribution in [0.15, 0.2) is 36.5 Å². The van der Waals surface area contributed by atoms with Crippen molar-refractivity contribution in [3.63, 3.8) is 0 Å². The fraction of sp³-hybridized carbons (Fsp3) is 0.844. The minimum Gasteiger partial charge on any atom is -0.394 e. The molecule has 3 unspecified atom stereocenters. The second-order valence-corrected chi connectivity index (χ2v) is 14.9. The van der Waals surface area contributed by atoms with Gasteiger partial charge in [-0.05, 0) is 77.0 Å². The first kappa shape index (κ1) is 48.6. The van der Waals surface area contributed by atoms with Gasteiger partial charge >= 0.3 is 0 Å². The van der Waals surface area contributed by atoms with E-state index in [-0.39, 0.29) is 12.5 Å². The van der Waals surface area contributed by atoms with Gasteiger partial charge in [0.1, 0.15) is 6.10 Å². The molecule has 0 fully saturated rings. The molecular formula is C45H85NO4. The van der Waals surface area contributed by atoms with Gasteiger partial charge in [0.2, 0.25) is 5.91 Å². The lowest BCUT2D eigenvalue weighted by molar-refractivity contribution is -0.124. The van der Waals surface area contributed by atoms with Crippen LogP contribution >= 0.6 is 0 Å². The summed E-state index contributed by atoms with van der Waals surface area (Å²) in [6.45, 7) is 4.15. The second-order valence-electron chi connectivity index (χ2n) is 14.9. The summed E-state index contributed by atoms with van der Waals surface area (Å²) in [4.78, 5) is 12.4. The fourth-order valence-electron chi connectivity index (χ4n) is 6.53. The molecule has 0 saturated carbocycles. The lowest BCUT2D eigenvalue weighted by atomic mass is 10.0. The number of aliphatic hydroxyl groups excluding tert-OH is 3. The fourth-order valence-corrected chi connectivity index (χ4v) is 6.53. The van der Waals surface area contributed by atoms with E-state index >= 15 is 0 Å². The highest BCUT2D eigenvalue weighted by Gasteiger charge is 2.26. The molecule has 0 bridgehead atoms. The molecule has 0 aliphatic carbocycles. The van der Waals surface area contributed by atoms with Gasteiger partial charge in [-0.3, -0.25) is 4.79 Å². The van der Waals surface area contributed by atoms with Gasteiger partial charge in [0.15, 0.2) is 0 Å². The summed E-state index contributed by atoms with van der Waals surface area (Å²) >= 11 is 0. The van der Waals surface area contributed by atoms with Crippen LogP contribution in [0.1, 0.15) is 219 Å². The third kappa shape index (κ3) is 35.0. The Kier molecular flexibility index (Phi) is 39.2. The Balaban J connectivity index is 3.70. The number of hydrogen-bond acceptors (Lipinski definition) is 4. The molecule has 0 aromatic rings. The van der Waals surface area contributed by atoms with Gasteiger partial charge in [-0.25, -0.2) is 0 Å². The molecule has 0 aliphatic heterocycles. The second kappa shape index (κ2) is 40.3. The van der Waals surface area contributed by atoms with Gasteiger partial charge in [-0.2, -0.15) is 0 Å². The van der Waals surface area contributed by atoms with Crippen LogP contribution in [0.25, 0.3) is 0 Å². The number of hydrogen-bond donors (Lipinski definition) is 4. The summed E-state index contributed by atoms with van der Waals surface area (Å²) in [6, 6.07) is -0.833. The lowest BCUT2D eigenvalue weighted by Crippen LogP contribution is -2.50. The third-order valence-corrected chi connectivity index (χ3v) is 9.94. The lowest BCUT2D eigenvalue weighted by Gasteiger charge is -2.26. The van der Waals surface area contributed by atoms with Crippen LogP contribution in [-0.4, -0.2) is 46.1 Å². The van der Waals surface area contributed by atoms with E-state index in [9.17, 15) is 20.1 Å². The molecular weight excluding hydrogens is 618 g/mol. The summed E-state index contributed by atoms with van der Waals surface area (Å²) in [7, 11) is 0. The minimum absolute atomic E-state index is 0.163. The van der Waals surface area contributed by atoms with E-state index in [1.165, 1.54) is 148 Å². The third-order valence-electron chi connectivity index (χ3n) is 9.94. The van der Waals surface area contributed by atoms with E-state index in [0.717, 1.165) is 44.9 Å². The first-order chi connectivity index (χ1) is 24.6. The van der Waals surface area contributed by atoms with Gasteiger partial charge in [0.05, 0.1) is 18.8 Å². The number of allylic oxidation sites excluding steroid dienone is 6. The van der Waals surface area contributed by atoms with Crippen molar-refractivity contribution < 1.29 is 20.1 Å². The van der Waals surface area contributed by atoms with Crippen LogP contribution in [0.2, 0.25) is 0 Å². The Bertz CT molecular complexity index is 779. The maximum atomic E-state index is 12.4. The highest BCUT2D eigenvalue weighted by atomic mass is 16.3. The zero-order chi connectivity index (χ0) is 36.6. The number of amides is 1. The van der Waals surface area contributed by atoms with Gasteiger partial charge < -0.3 is 20.6 Å². The number of nitrogens with one attached hydrogen (secondary N) is 1. The minimum atomic E-state index is -1.17. The van der Waals surface area contributed by atoms with Gasteiger partial charge in [0.25, 0.3) is 0 Å². The quantitative estimate of drug-likeness (QED) is 0.0379. The molecule has 0 heterocycles. The molecule has 294 valence electrons. The normalized spacial score (nSPS) is 13.9. The maximum Gasteiger partial charge on any atom is 0.220 e. The Hall–Kier alpha value is -1.43. The molecule has 0 rings (SSSR count). The molecule has 0 aromatic carbocycles. The largest absolute Gasteiger partial charge is 0.394 e. The van der Waals surface area contributed by atoms with Crippen molar-refractivity contribution in [2.45, 2.75) is 238 Å². The smallest absolute Gasteiger partial charge is 0.220 e. The van der Waals surface area contributed by atoms with Crippen molar-refractivity contribution in [3.8, 4) is 0 Å². The SMILES string of the molecule is CCCCCCCCC/C=C/CC/C=C/CCCC(O)C(O)C(CO)NC(=O)CCCCCCCCC/C=C\CCCCCCCCCCC. The number of unbranched alkanes of at least 4 members (excludes halogenated alkanes) is 25. The zero-order valence-corrected chi connectivity index (χ0v) is 33.3. The number of carbonyl (C=O) groups is 1. The maximum absolute atomic E-state index is 12.4. The van der Waals surface area contributed by atoms with Crippen molar-refractivity contribution in [2.75, 3.05) is 6.61 Å². The van der Waals surface area contributed by atoms with Crippen molar-refractivity contribution in [1.82, 2.24) is 5.32 Å². The molecule has 1 amide bonds. The predicted octanol–water partition coefficient (Wildman–Crippen LogP) is 12.4. The summed E-state index contributed by atoms with van der Waals surface area (Å²) in [6.07, 6.45) is 49.6. The Morgan fingerprint density at radius 1 is 0.480 bits per heavy atom. The van der Waals surface area contributed by atoms with E-state index in [1.807, 2.05) is 0 Å². The van der Waals surface area contributed by atoms with Crippen LogP contribution in [0.3, 0.4) is 0 Å². The molecule has 5 heteroatoms. The Labute approximate surface area is 311 Å². The Morgan fingerprint density at radius 3 is 1.22 bits per heavy atom. The topological polar surface area (TPSA) is 89.8 Å². The molecule has 5 nitrogen and oxygen atoms in total. The zero-order valence-electron chi connectivity index (χ0n) is 33.3. The molecule has 0 spiro atoms. The molecule has 0 aliphatic rings. The van der Waals surface area contributed by atoms with Crippen LogP contribution < -0.4 is 5.32 Å². The molecule has 3 atom stereocenters. The average Bonchev–Trinajstić information content (AvgIpc) is 3.12. The molecule has 0 aromatic heterocycles.